The number of benzene rings is 3. The number of pyridine rings is 3. The molecule has 0 saturated heterocycles. The van der Waals surface area contributed by atoms with Gasteiger partial charge in [0.05, 0.1) is 17.6 Å². The van der Waals surface area contributed by atoms with E-state index in [1.54, 1.807) is 48.5 Å². The molecule has 0 saturated carbocycles. The fourth-order valence-corrected chi connectivity index (χ4v) is 7.68. The minimum absolute atomic E-state index is 0. The average molecular weight is 1950 g/mol. The number of fused-ring (bicyclic) bond motifs is 4. The Labute approximate surface area is 524 Å². The normalized spacial score (nSPS) is 12.3. The van der Waals surface area contributed by atoms with Crippen LogP contribution in [0.1, 0.15) is 33.4 Å². The Morgan fingerprint density at radius 2 is 1.01 bits per heavy atom. The number of aliphatic imine (C=N–C) groups is 1. The molecule has 0 N–H and O–H groups in total. The van der Waals surface area contributed by atoms with E-state index in [1.807, 2.05) is 145 Å². The van der Waals surface area contributed by atoms with E-state index in [4.69, 9.17) is 4.42 Å². The molecule has 1 aliphatic rings. The van der Waals surface area contributed by atoms with Crippen LogP contribution in [0.2, 0.25) is 0 Å². The molecule has 78 heavy (non-hydrogen) atoms. The third kappa shape index (κ3) is 15.0. The fourth-order valence-electron chi connectivity index (χ4n) is 7.11. The maximum atomic E-state index is 5.11. The van der Waals surface area contributed by atoms with Gasteiger partial charge in [-0.1, -0.05) is 125 Å². The number of hydrogen-bond acceptors (Lipinski definition) is 13. The molecule has 0 radical (unpaired) electrons. The fraction of sp³-hybridized carbons (Fsp3) is 0.130. The van der Waals surface area contributed by atoms with E-state index >= 15 is 0 Å². The second kappa shape index (κ2) is 28.7. The Hall–Kier alpha value is -6.05. The van der Waals surface area contributed by atoms with Crippen molar-refractivity contribution in [3.63, 3.8) is 0 Å². The Morgan fingerprint density at radius 3 is 1.53 bits per heavy atom. The molecule has 0 aliphatic carbocycles. The smallest absolute Gasteiger partial charge is 0.217 e. The SMILES string of the molecule is CC1(C)N=C(c2ccccn2)[N-]C1(C)C.Cn1ccnc1-c1nc2ccccc2[n-]1.[Pt].[Pt].[Pt].[Pt].[Pt].c1ccc(-c2nc3cccnc3[n-]2)nc1.c1ccc2[n-]c(-c3ncco3)nc2c1.c1ccc2[n-]c(-c3nccs3)nc2c1. The minimum Gasteiger partial charge on any atom is -0.457 e. The van der Waals surface area contributed by atoms with Gasteiger partial charge in [0.25, 0.3) is 0 Å². The van der Waals surface area contributed by atoms with Crippen LogP contribution in [0.3, 0.4) is 0 Å². The number of hydrogen-bond donors (Lipinski definition) is 0. The number of rotatable bonds is 5. The first kappa shape index (κ1) is 62.8. The van der Waals surface area contributed by atoms with Gasteiger partial charge in [-0.2, -0.15) is 0 Å². The summed E-state index contributed by atoms with van der Waals surface area (Å²) in [6, 6.07) is 38.5. The van der Waals surface area contributed by atoms with E-state index in [-0.39, 0.29) is 116 Å². The predicted octanol–water partition coefficient (Wildman–Crippen LogP) is 10.2. The summed E-state index contributed by atoms with van der Waals surface area (Å²) in [5, 5.41) is 7.43. The number of amidine groups is 1. The summed E-state index contributed by atoms with van der Waals surface area (Å²) in [5.74, 6) is 4.60. The summed E-state index contributed by atoms with van der Waals surface area (Å²) < 4.78 is 7.02. The molecule has 13 aromatic rings. The maximum absolute atomic E-state index is 5.11. The Balaban J connectivity index is 0.000000177. The van der Waals surface area contributed by atoms with Crippen molar-refractivity contribution in [2.24, 2.45) is 12.0 Å². The van der Waals surface area contributed by atoms with Crippen LogP contribution >= 0.6 is 11.3 Å². The quantitative estimate of drug-likeness (QED) is 0.156. The van der Waals surface area contributed by atoms with E-state index < -0.39 is 0 Å². The van der Waals surface area contributed by atoms with Crippen molar-refractivity contribution in [1.82, 2.24) is 74.3 Å². The van der Waals surface area contributed by atoms with Gasteiger partial charge in [-0.15, -0.1) is 11.3 Å². The maximum Gasteiger partial charge on any atom is 0.217 e. The second-order valence-corrected chi connectivity index (χ2v) is 18.0. The molecule has 3 aromatic carbocycles. The average Bonchev–Trinajstić information content (AvgIpc) is 4.30. The summed E-state index contributed by atoms with van der Waals surface area (Å²) >= 11 is 1.56. The zero-order valence-electron chi connectivity index (χ0n) is 41.7. The van der Waals surface area contributed by atoms with Gasteiger partial charge in [0.2, 0.25) is 5.89 Å². The number of oxazole rings is 1. The van der Waals surface area contributed by atoms with Crippen LogP contribution in [0, 0.1) is 0 Å². The molecular weight excluding hydrogens is 1910 g/mol. The molecule has 412 valence electrons. The van der Waals surface area contributed by atoms with Crippen LogP contribution < -0.4 is 19.9 Å². The molecule has 0 spiro atoms. The molecule has 0 amide bonds. The van der Waals surface area contributed by atoms with Crippen molar-refractivity contribution in [3.05, 3.63) is 187 Å². The molecular formula is C54H44N17OPt5S-5. The van der Waals surface area contributed by atoms with Crippen molar-refractivity contribution in [2.45, 2.75) is 38.8 Å². The Morgan fingerprint density at radius 1 is 0.474 bits per heavy atom. The zero-order chi connectivity index (χ0) is 50.2. The standard InChI is InChI=1S/C12H16N3.C11H9N4.C11H7N4.C10H6N3O.C10H6N3S.5Pt/c1-11(2)12(3,4)15-10(14-11)9-7-5-6-8-13-9;1-15-7-6-12-11(15)10-13-8-4-2-3-5-9(8)14-10;1-2-6-12-8(4-1)11-14-9-5-3-7-13-10(9)15-11;2*1-2-4-8-7(3-1)12-9(13-8)10-11-5-6-14-10;;;;;/h5-8H,1-4H3;2-7H,1H3;1-7H;2*1-6H;;;;;/q5*-1;;;;;. The van der Waals surface area contributed by atoms with Crippen molar-refractivity contribution >= 4 is 61.4 Å². The largest absolute Gasteiger partial charge is 0.457 e. The van der Waals surface area contributed by atoms with Crippen molar-refractivity contribution in [2.75, 3.05) is 0 Å². The van der Waals surface area contributed by atoms with E-state index in [2.05, 4.69) is 108 Å². The molecule has 14 rings (SSSR count). The van der Waals surface area contributed by atoms with E-state index in [1.165, 1.54) is 6.26 Å². The van der Waals surface area contributed by atoms with Gasteiger partial charge in [0.15, 0.2) is 0 Å². The van der Waals surface area contributed by atoms with Gasteiger partial charge in [0.1, 0.15) is 17.1 Å². The molecule has 0 fully saturated rings. The number of para-hydroxylation sites is 6. The van der Waals surface area contributed by atoms with Crippen LogP contribution in [0.5, 0.6) is 0 Å². The van der Waals surface area contributed by atoms with E-state index in [0.717, 1.165) is 72.5 Å². The van der Waals surface area contributed by atoms with Crippen molar-refractivity contribution in [1.29, 1.82) is 0 Å². The second-order valence-electron chi connectivity index (χ2n) is 17.1. The van der Waals surface area contributed by atoms with Gasteiger partial charge in [-0.05, 0) is 92.1 Å². The molecule has 18 nitrogen and oxygen atoms in total. The summed E-state index contributed by atoms with van der Waals surface area (Å²) in [6.07, 6.45) is 13.7. The first-order valence-corrected chi connectivity index (χ1v) is 23.8. The molecule has 1 aliphatic heterocycles. The van der Waals surface area contributed by atoms with Gasteiger partial charge in [-0.25, -0.2) is 15.0 Å². The third-order valence-corrected chi connectivity index (χ3v) is 12.3. The summed E-state index contributed by atoms with van der Waals surface area (Å²) in [7, 11) is 1.93. The minimum atomic E-state index is -0.153. The molecule has 0 atom stereocenters. The monoisotopic (exact) mass is 1950 g/mol. The van der Waals surface area contributed by atoms with E-state index in [0.29, 0.717) is 29.0 Å². The summed E-state index contributed by atoms with van der Waals surface area (Å²) in [4.78, 5) is 64.4. The van der Waals surface area contributed by atoms with Gasteiger partial charge >= 0.3 is 0 Å². The zero-order valence-corrected chi connectivity index (χ0v) is 53.9. The van der Waals surface area contributed by atoms with E-state index in [9.17, 15) is 0 Å². The number of thiazole rings is 1. The van der Waals surface area contributed by atoms with Crippen LogP contribution in [0.25, 0.3) is 95.3 Å². The Bertz CT molecular complexity index is 3660. The number of imidazole rings is 5. The topological polar surface area (TPSA) is 230 Å². The van der Waals surface area contributed by atoms with Crippen LogP contribution in [-0.4, -0.2) is 71.3 Å². The summed E-state index contributed by atoms with van der Waals surface area (Å²) in [6.45, 7) is 8.41. The van der Waals surface area contributed by atoms with Crippen molar-refractivity contribution in [3.8, 4) is 45.7 Å². The van der Waals surface area contributed by atoms with Crippen LogP contribution in [0.15, 0.2) is 186 Å². The molecule has 0 bridgehead atoms. The molecule has 0 unspecified atom stereocenters. The predicted molar refractivity (Wildman–Crippen MR) is 282 cm³/mol. The van der Waals surface area contributed by atoms with Crippen LogP contribution in [0.4, 0.5) is 0 Å². The number of aromatic nitrogens is 15. The Kier molecular flexibility index (Phi) is 23.1. The number of nitrogens with zero attached hydrogens (tertiary/aromatic N) is 17. The van der Waals surface area contributed by atoms with Gasteiger partial charge in [0, 0.05) is 172 Å². The van der Waals surface area contributed by atoms with Gasteiger partial charge < -0.3 is 64.1 Å². The molecule has 24 heteroatoms. The van der Waals surface area contributed by atoms with Crippen LogP contribution in [-0.2, 0) is 112 Å². The summed E-state index contributed by atoms with van der Waals surface area (Å²) in [5.41, 5.74) is 8.20. The molecule has 10 aromatic heterocycles. The van der Waals surface area contributed by atoms with Crippen molar-refractivity contribution < 1.29 is 110 Å². The first-order chi connectivity index (χ1) is 35.6. The molecule has 11 heterocycles. The first-order valence-electron chi connectivity index (χ1n) is 22.9. The third-order valence-electron chi connectivity index (χ3n) is 11.5. The number of aryl methyl sites for hydroxylation is 1. The van der Waals surface area contributed by atoms with Gasteiger partial charge in [-0.3, -0.25) is 9.97 Å².